The summed E-state index contributed by atoms with van der Waals surface area (Å²) in [7, 11) is 0. The van der Waals surface area contributed by atoms with Gasteiger partial charge in [0.05, 0.1) is 6.61 Å². The standard InChI is InChI=1S/C19H23F3N2O2/c20-16(17(21)22)7-14-26-18(25)19(8-4-9-19)24-12-10-23(11-13-24)15-5-2-1-3-6-15/h1-3,5-6H,4,7-14H2. The number of hydrogen-bond acceptors (Lipinski definition) is 4. The van der Waals surface area contributed by atoms with Gasteiger partial charge in [0.15, 0.2) is 5.83 Å². The number of esters is 1. The largest absolute Gasteiger partial charge is 0.464 e. The number of ether oxygens (including phenoxy) is 1. The van der Waals surface area contributed by atoms with E-state index in [-0.39, 0.29) is 6.61 Å². The molecule has 1 heterocycles. The Balaban J connectivity index is 1.55. The zero-order chi connectivity index (χ0) is 18.6. The summed E-state index contributed by atoms with van der Waals surface area (Å²) in [6.45, 7) is 2.73. The van der Waals surface area contributed by atoms with Crippen molar-refractivity contribution >= 4 is 11.7 Å². The lowest BCUT2D eigenvalue weighted by Gasteiger charge is -2.51. The second kappa shape index (κ2) is 8.12. The van der Waals surface area contributed by atoms with Crippen molar-refractivity contribution in [2.75, 3.05) is 37.7 Å². The molecule has 1 aliphatic heterocycles. The van der Waals surface area contributed by atoms with Crippen LogP contribution in [0.2, 0.25) is 0 Å². The molecule has 2 fully saturated rings. The van der Waals surface area contributed by atoms with Gasteiger partial charge in [-0.15, -0.1) is 0 Å². The highest BCUT2D eigenvalue weighted by molar-refractivity contribution is 5.82. The van der Waals surface area contributed by atoms with E-state index in [1.54, 1.807) is 0 Å². The fraction of sp³-hybridized carbons (Fsp3) is 0.526. The molecule has 0 unspecified atom stereocenters. The number of carbonyl (C=O) groups excluding carboxylic acids is 1. The lowest BCUT2D eigenvalue weighted by molar-refractivity contribution is -0.166. The van der Waals surface area contributed by atoms with Crippen molar-refractivity contribution in [3.05, 3.63) is 42.2 Å². The Labute approximate surface area is 151 Å². The molecule has 2 aliphatic rings. The van der Waals surface area contributed by atoms with Crippen LogP contribution in [0.4, 0.5) is 18.9 Å². The Hall–Kier alpha value is -2.02. The predicted octanol–water partition coefficient (Wildman–Crippen LogP) is 3.74. The maximum absolute atomic E-state index is 12.8. The molecule has 1 saturated heterocycles. The van der Waals surface area contributed by atoms with Crippen LogP contribution >= 0.6 is 0 Å². The van der Waals surface area contributed by atoms with Gasteiger partial charge in [-0.2, -0.15) is 8.78 Å². The van der Waals surface area contributed by atoms with Crippen LogP contribution in [0.5, 0.6) is 0 Å². The number of carbonyl (C=O) groups is 1. The number of anilines is 1. The van der Waals surface area contributed by atoms with Crippen molar-refractivity contribution in [2.45, 2.75) is 31.2 Å². The van der Waals surface area contributed by atoms with E-state index in [0.717, 1.165) is 38.3 Å². The van der Waals surface area contributed by atoms with Crippen LogP contribution < -0.4 is 4.90 Å². The summed E-state index contributed by atoms with van der Waals surface area (Å²) in [5.74, 6) is -1.93. The molecule has 7 heteroatoms. The van der Waals surface area contributed by atoms with Gasteiger partial charge in [0.1, 0.15) is 5.54 Å². The van der Waals surface area contributed by atoms with Gasteiger partial charge < -0.3 is 9.64 Å². The maximum Gasteiger partial charge on any atom is 0.326 e. The summed E-state index contributed by atoms with van der Waals surface area (Å²) >= 11 is 0. The highest BCUT2D eigenvalue weighted by Crippen LogP contribution is 2.39. The van der Waals surface area contributed by atoms with Gasteiger partial charge in [-0.25, -0.2) is 4.39 Å². The monoisotopic (exact) mass is 368 g/mol. The van der Waals surface area contributed by atoms with Crippen molar-refractivity contribution in [3.63, 3.8) is 0 Å². The molecular weight excluding hydrogens is 345 g/mol. The topological polar surface area (TPSA) is 32.8 Å². The molecule has 0 radical (unpaired) electrons. The average molecular weight is 368 g/mol. The van der Waals surface area contributed by atoms with Crippen molar-refractivity contribution < 1.29 is 22.7 Å². The van der Waals surface area contributed by atoms with E-state index in [1.165, 1.54) is 0 Å². The SMILES string of the molecule is O=C(OCCC(F)=C(F)F)C1(N2CCN(c3ccccc3)CC2)CCC1. The number of benzene rings is 1. The second-order valence-electron chi connectivity index (χ2n) is 6.75. The van der Waals surface area contributed by atoms with Gasteiger partial charge in [0.25, 0.3) is 0 Å². The Morgan fingerprint density at radius 1 is 1.04 bits per heavy atom. The summed E-state index contributed by atoms with van der Waals surface area (Å²) in [5, 5.41) is 0. The van der Waals surface area contributed by atoms with E-state index in [4.69, 9.17) is 4.74 Å². The fourth-order valence-electron chi connectivity index (χ4n) is 3.65. The third-order valence-corrected chi connectivity index (χ3v) is 5.33. The van der Waals surface area contributed by atoms with Crippen LogP contribution in [0.25, 0.3) is 0 Å². The third kappa shape index (κ3) is 3.87. The van der Waals surface area contributed by atoms with Crippen LogP contribution in [0, 0.1) is 0 Å². The van der Waals surface area contributed by atoms with Gasteiger partial charge in [-0.05, 0) is 31.4 Å². The number of piperazine rings is 1. The van der Waals surface area contributed by atoms with Crippen molar-refractivity contribution in [1.29, 1.82) is 0 Å². The van der Waals surface area contributed by atoms with Crippen LogP contribution in [-0.4, -0.2) is 49.2 Å². The fourth-order valence-corrected chi connectivity index (χ4v) is 3.65. The van der Waals surface area contributed by atoms with Gasteiger partial charge in [0, 0.05) is 38.3 Å². The highest BCUT2D eigenvalue weighted by atomic mass is 19.3. The zero-order valence-corrected chi connectivity index (χ0v) is 14.6. The second-order valence-corrected chi connectivity index (χ2v) is 6.75. The number of para-hydroxylation sites is 1. The minimum Gasteiger partial charge on any atom is -0.464 e. The third-order valence-electron chi connectivity index (χ3n) is 5.33. The van der Waals surface area contributed by atoms with E-state index >= 15 is 0 Å². The molecule has 0 amide bonds. The van der Waals surface area contributed by atoms with Gasteiger partial charge in [-0.1, -0.05) is 18.2 Å². The summed E-state index contributed by atoms with van der Waals surface area (Å²) in [6, 6.07) is 10.1. The van der Waals surface area contributed by atoms with Gasteiger partial charge in [0.2, 0.25) is 0 Å². The Bertz CT molecular complexity index is 650. The van der Waals surface area contributed by atoms with Gasteiger partial charge >= 0.3 is 12.0 Å². The quantitative estimate of drug-likeness (QED) is 0.716. The van der Waals surface area contributed by atoms with Crippen LogP contribution in [0.15, 0.2) is 42.2 Å². The minimum atomic E-state index is -2.35. The van der Waals surface area contributed by atoms with E-state index < -0.39 is 29.8 Å². The number of halogens is 3. The van der Waals surface area contributed by atoms with E-state index in [1.807, 2.05) is 18.2 Å². The molecule has 26 heavy (non-hydrogen) atoms. The molecule has 0 aromatic heterocycles. The van der Waals surface area contributed by atoms with E-state index in [9.17, 15) is 18.0 Å². The average Bonchev–Trinajstić information content (AvgIpc) is 2.62. The van der Waals surface area contributed by atoms with Gasteiger partial charge in [-0.3, -0.25) is 9.69 Å². The molecule has 4 nitrogen and oxygen atoms in total. The molecule has 0 bridgehead atoms. The first-order valence-corrected chi connectivity index (χ1v) is 8.95. The normalized spacial score (nSPS) is 19.6. The Morgan fingerprint density at radius 2 is 1.69 bits per heavy atom. The lowest BCUT2D eigenvalue weighted by Crippen LogP contribution is -2.64. The Morgan fingerprint density at radius 3 is 2.23 bits per heavy atom. The van der Waals surface area contributed by atoms with Crippen LogP contribution in [0.3, 0.4) is 0 Å². The molecule has 1 aromatic rings. The summed E-state index contributed by atoms with van der Waals surface area (Å²) < 4.78 is 42.1. The van der Waals surface area contributed by atoms with E-state index in [0.29, 0.717) is 12.8 Å². The predicted molar refractivity (Wildman–Crippen MR) is 92.7 cm³/mol. The molecule has 1 saturated carbocycles. The smallest absolute Gasteiger partial charge is 0.326 e. The summed E-state index contributed by atoms with van der Waals surface area (Å²) in [5.41, 5.74) is 0.491. The first-order valence-electron chi connectivity index (χ1n) is 8.95. The number of hydrogen-bond donors (Lipinski definition) is 0. The molecular formula is C19H23F3N2O2. The van der Waals surface area contributed by atoms with Crippen molar-refractivity contribution in [3.8, 4) is 0 Å². The molecule has 1 aromatic carbocycles. The van der Waals surface area contributed by atoms with Crippen molar-refractivity contribution in [2.24, 2.45) is 0 Å². The highest BCUT2D eigenvalue weighted by Gasteiger charge is 2.50. The van der Waals surface area contributed by atoms with E-state index in [2.05, 4.69) is 21.9 Å². The molecule has 142 valence electrons. The molecule has 3 rings (SSSR count). The molecule has 0 spiro atoms. The lowest BCUT2D eigenvalue weighted by atomic mass is 9.75. The van der Waals surface area contributed by atoms with Crippen molar-refractivity contribution in [1.82, 2.24) is 4.90 Å². The summed E-state index contributed by atoms with van der Waals surface area (Å²) in [4.78, 5) is 17.0. The summed E-state index contributed by atoms with van der Waals surface area (Å²) in [6.07, 6.45) is -0.593. The Kier molecular flexibility index (Phi) is 5.86. The number of rotatable bonds is 6. The zero-order valence-electron chi connectivity index (χ0n) is 14.6. The first kappa shape index (κ1) is 18.8. The number of nitrogens with zero attached hydrogens (tertiary/aromatic N) is 2. The molecule has 0 N–H and O–H groups in total. The first-order chi connectivity index (χ1) is 12.5. The molecule has 0 atom stereocenters. The molecule has 1 aliphatic carbocycles. The van der Waals surface area contributed by atoms with Crippen LogP contribution in [0.1, 0.15) is 25.7 Å². The maximum atomic E-state index is 12.8. The minimum absolute atomic E-state index is 0.353. The van der Waals surface area contributed by atoms with Crippen LogP contribution in [-0.2, 0) is 9.53 Å².